The average molecular weight is 506 g/mol. The Bertz CT molecular complexity index is 1480. The molecule has 5 heteroatoms. The highest BCUT2D eigenvalue weighted by Gasteiger charge is 2.25. The van der Waals surface area contributed by atoms with Crippen molar-refractivity contribution in [3.63, 3.8) is 0 Å². The number of hydrogen-bond acceptors (Lipinski definition) is 3. The number of aromatic nitrogens is 1. The molecule has 1 aromatic heterocycles. The van der Waals surface area contributed by atoms with Crippen LogP contribution in [0.5, 0.6) is 5.75 Å². The largest absolute Gasteiger partial charge is 0.493 e. The predicted molar refractivity (Wildman–Crippen MR) is 150 cm³/mol. The van der Waals surface area contributed by atoms with Gasteiger partial charge in [-0.3, -0.25) is 0 Å². The second-order valence-electron chi connectivity index (χ2n) is 8.95. The number of nitrogens with two attached hydrogens (primary N) is 1. The number of benzene rings is 4. The number of ether oxygens (including phenoxy) is 1. The Kier molecular flexibility index (Phi) is 7.56. The Balaban J connectivity index is 1.62. The van der Waals surface area contributed by atoms with Gasteiger partial charge in [-0.05, 0) is 65.7 Å². The summed E-state index contributed by atoms with van der Waals surface area (Å²) in [5.74, 6) is 0.743. The molecule has 0 radical (unpaired) electrons. The summed E-state index contributed by atoms with van der Waals surface area (Å²) in [6, 6.07) is 36.6. The predicted octanol–water partition coefficient (Wildman–Crippen LogP) is 6.93. The van der Waals surface area contributed by atoms with E-state index in [1.165, 1.54) is 22.4 Å². The molecular weight excluding hydrogens is 478 g/mol. The Labute approximate surface area is 222 Å². The van der Waals surface area contributed by atoms with E-state index in [2.05, 4.69) is 71.3 Å². The van der Waals surface area contributed by atoms with Crippen molar-refractivity contribution in [2.45, 2.75) is 18.9 Å². The molecular formula is C32H28ClN3O. The molecule has 2 N–H and O–H groups in total. The van der Waals surface area contributed by atoms with Crippen LogP contribution in [0.4, 0.5) is 0 Å². The average Bonchev–Trinajstić information content (AvgIpc) is 3.22. The fraction of sp³-hybridized carbons (Fsp3) is 0.156. The summed E-state index contributed by atoms with van der Waals surface area (Å²) in [6.07, 6.45) is 1.43. The molecule has 0 unspecified atom stereocenters. The zero-order valence-electron chi connectivity index (χ0n) is 20.5. The third-order valence-corrected chi connectivity index (χ3v) is 6.89. The second-order valence-corrected chi connectivity index (χ2v) is 9.39. The molecule has 5 aromatic rings. The number of nitrogens with zero attached hydrogens (tertiary/aromatic N) is 2. The van der Waals surface area contributed by atoms with Crippen LogP contribution < -0.4 is 10.5 Å². The van der Waals surface area contributed by atoms with Crippen LogP contribution in [-0.2, 0) is 12.8 Å². The molecule has 0 spiro atoms. The van der Waals surface area contributed by atoms with Crippen molar-refractivity contribution >= 4 is 22.5 Å². The highest BCUT2D eigenvalue weighted by molar-refractivity contribution is 6.31. The fourth-order valence-corrected chi connectivity index (χ4v) is 5.22. The van der Waals surface area contributed by atoms with E-state index in [1.807, 2.05) is 30.3 Å². The lowest BCUT2D eigenvalue weighted by Gasteiger charge is -2.25. The summed E-state index contributed by atoms with van der Waals surface area (Å²) in [7, 11) is 0. The van der Waals surface area contributed by atoms with Crippen LogP contribution >= 0.6 is 11.6 Å². The van der Waals surface area contributed by atoms with Crippen LogP contribution in [0, 0.1) is 11.3 Å². The van der Waals surface area contributed by atoms with Crippen LogP contribution in [0.2, 0.25) is 5.02 Å². The van der Waals surface area contributed by atoms with Crippen LogP contribution in [0.1, 0.15) is 34.0 Å². The number of rotatable bonds is 9. The minimum Gasteiger partial charge on any atom is -0.493 e. The third kappa shape index (κ3) is 5.24. The molecule has 0 fully saturated rings. The molecule has 0 atom stereocenters. The lowest BCUT2D eigenvalue weighted by molar-refractivity contribution is 0.322. The minimum absolute atomic E-state index is 0.0131. The number of hydrogen-bond donors (Lipinski definition) is 1. The van der Waals surface area contributed by atoms with Gasteiger partial charge in [0.1, 0.15) is 5.75 Å². The summed E-state index contributed by atoms with van der Waals surface area (Å²) in [5.41, 5.74) is 12.7. The molecule has 5 rings (SSSR count). The smallest absolute Gasteiger partial charge is 0.119 e. The van der Waals surface area contributed by atoms with Crippen molar-refractivity contribution in [1.82, 2.24) is 4.57 Å². The van der Waals surface area contributed by atoms with Crippen molar-refractivity contribution in [2.75, 3.05) is 13.2 Å². The van der Waals surface area contributed by atoms with E-state index >= 15 is 0 Å². The molecule has 0 saturated heterocycles. The molecule has 0 aliphatic rings. The van der Waals surface area contributed by atoms with E-state index in [-0.39, 0.29) is 6.04 Å². The summed E-state index contributed by atoms with van der Waals surface area (Å²) in [5, 5.41) is 10.9. The van der Waals surface area contributed by atoms with E-state index < -0.39 is 0 Å². The maximum absolute atomic E-state index is 9.05. The Morgan fingerprint density at radius 1 is 0.838 bits per heavy atom. The summed E-state index contributed by atoms with van der Waals surface area (Å²) >= 11 is 6.51. The van der Waals surface area contributed by atoms with Crippen LogP contribution in [0.3, 0.4) is 0 Å². The van der Waals surface area contributed by atoms with Crippen molar-refractivity contribution in [1.29, 1.82) is 5.26 Å². The fourth-order valence-electron chi connectivity index (χ4n) is 5.05. The number of fused-ring (bicyclic) bond motifs is 1. The summed E-state index contributed by atoms with van der Waals surface area (Å²) in [6.45, 7) is 1.03. The van der Waals surface area contributed by atoms with Gasteiger partial charge in [0, 0.05) is 34.5 Å². The van der Waals surface area contributed by atoms with E-state index in [1.54, 1.807) is 12.1 Å². The van der Waals surface area contributed by atoms with Gasteiger partial charge in [-0.1, -0.05) is 72.3 Å². The quantitative estimate of drug-likeness (QED) is 0.236. The van der Waals surface area contributed by atoms with Crippen LogP contribution in [-0.4, -0.2) is 17.7 Å². The second kappa shape index (κ2) is 11.3. The van der Waals surface area contributed by atoms with Gasteiger partial charge >= 0.3 is 0 Å². The highest BCUT2D eigenvalue weighted by atomic mass is 35.5. The lowest BCUT2D eigenvalue weighted by Crippen LogP contribution is -2.18. The first-order valence-corrected chi connectivity index (χ1v) is 12.8. The zero-order chi connectivity index (χ0) is 25.6. The zero-order valence-corrected chi connectivity index (χ0v) is 21.2. The van der Waals surface area contributed by atoms with E-state index in [0.29, 0.717) is 30.2 Å². The first-order chi connectivity index (χ1) is 18.2. The van der Waals surface area contributed by atoms with Crippen molar-refractivity contribution in [2.24, 2.45) is 5.73 Å². The Morgan fingerprint density at radius 3 is 2.08 bits per heavy atom. The van der Waals surface area contributed by atoms with Crippen molar-refractivity contribution < 1.29 is 4.74 Å². The Hall–Kier alpha value is -4.04. The summed E-state index contributed by atoms with van der Waals surface area (Å²) < 4.78 is 8.51. The molecule has 37 heavy (non-hydrogen) atoms. The highest BCUT2D eigenvalue weighted by Crippen LogP contribution is 2.37. The normalized spacial score (nSPS) is 11.1. The van der Waals surface area contributed by atoms with Gasteiger partial charge in [-0.25, -0.2) is 0 Å². The van der Waals surface area contributed by atoms with Gasteiger partial charge in [-0.2, -0.15) is 5.26 Å². The molecule has 4 aromatic carbocycles. The molecule has 0 aliphatic heterocycles. The molecule has 0 amide bonds. The van der Waals surface area contributed by atoms with Gasteiger partial charge in [0.25, 0.3) is 0 Å². The third-order valence-electron chi connectivity index (χ3n) is 6.66. The van der Waals surface area contributed by atoms with E-state index in [9.17, 15) is 0 Å². The monoisotopic (exact) mass is 505 g/mol. The van der Waals surface area contributed by atoms with E-state index in [0.717, 1.165) is 23.1 Å². The molecule has 4 nitrogen and oxygen atoms in total. The van der Waals surface area contributed by atoms with Gasteiger partial charge in [-0.15, -0.1) is 0 Å². The van der Waals surface area contributed by atoms with Gasteiger partial charge < -0.3 is 15.0 Å². The minimum atomic E-state index is -0.0131. The van der Waals surface area contributed by atoms with E-state index in [4.69, 9.17) is 27.3 Å². The molecule has 0 bridgehead atoms. The molecule has 0 saturated carbocycles. The molecule has 0 aliphatic carbocycles. The summed E-state index contributed by atoms with van der Waals surface area (Å²) in [4.78, 5) is 0. The van der Waals surface area contributed by atoms with Gasteiger partial charge in [0.2, 0.25) is 0 Å². The molecule has 1 heterocycles. The topological polar surface area (TPSA) is 64.0 Å². The number of halogens is 1. The maximum Gasteiger partial charge on any atom is 0.119 e. The SMILES string of the molecule is N#Cc1ccc(OCCc2c(CCN)n(C(c3ccccc3)c3ccccc3)c3ccc(Cl)cc23)cc1. The first-order valence-electron chi connectivity index (χ1n) is 12.4. The first kappa shape index (κ1) is 24.6. The Morgan fingerprint density at radius 2 is 1.49 bits per heavy atom. The van der Waals surface area contributed by atoms with Crippen LogP contribution in [0.25, 0.3) is 10.9 Å². The van der Waals surface area contributed by atoms with Gasteiger partial charge in [0.15, 0.2) is 0 Å². The number of nitriles is 1. The maximum atomic E-state index is 9.05. The standard InChI is InChI=1S/C32H28ClN3O/c33-26-13-16-30-29(21-26)28(18-20-37-27-14-11-23(22-35)12-15-27)31(17-19-34)36(30)32(24-7-3-1-4-8-24)25-9-5-2-6-10-25/h1-16,21,32H,17-20,34H2. The van der Waals surface area contributed by atoms with Gasteiger partial charge in [0.05, 0.1) is 24.3 Å². The van der Waals surface area contributed by atoms with Crippen molar-refractivity contribution in [3.8, 4) is 11.8 Å². The van der Waals surface area contributed by atoms with Crippen LogP contribution in [0.15, 0.2) is 103 Å². The lowest BCUT2D eigenvalue weighted by atomic mass is 9.97. The van der Waals surface area contributed by atoms with Crippen molar-refractivity contribution in [3.05, 3.63) is 136 Å². The molecule has 184 valence electrons.